The van der Waals surface area contributed by atoms with Crippen LogP contribution in [0.2, 0.25) is 0 Å². The Hall–Kier alpha value is -5.32. The number of alkyl halides is 4. The van der Waals surface area contributed by atoms with E-state index in [9.17, 15) is 27.2 Å². The summed E-state index contributed by atoms with van der Waals surface area (Å²) in [6.07, 6.45) is -3.42. The highest BCUT2D eigenvalue weighted by molar-refractivity contribution is 8.16. The number of ether oxygens (including phenoxy) is 4. The molecule has 1 aliphatic rings. The topological polar surface area (TPSA) is 129 Å². The summed E-state index contributed by atoms with van der Waals surface area (Å²) in [7, 11) is 2.89. The second kappa shape index (κ2) is 14.2. The van der Waals surface area contributed by atoms with Crippen LogP contribution in [0.3, 0.4) is 0 Å². The largest absolute Gasteiger partial charge is 0.573 e. The SMILES string of the molecule is COc1ccc(C(C)C)c(N2C(=O)C(F)SC2=NC(=O)NCOc2ccc(-c3ncn(-c4ccc(OC(F)(F)F)cc4)n3)c(OC)c2)c1. The molecule has 1 unspecified atom stereocenters. The van der Waals surface area contributed by atoms with Crippen LogP contribution in [0.25, 0.3) is 17.1 Å². The fourth-order valence-corrected chi connectivity index (χ4v) is 5.41. The van der Waals surface area contributed by atoms with Crippen molar-refractivity contribution in [3.63, 3.8) is 0 Å². The minimum Gasteiger partial charge on any atom is -0.497 e. The molecule has 0 radical (unpaired) electrons. The van der Waals surface area contributed by atoms with Crippen LogP contribution in [0.5, 0.6) is 23.0 Å². The van der Waals surface area contributed by atoms with E-state index in [4.69, 9.17) is 14.2 Å². The number of thioether (sulfide) groups is 1. The van der Waals surface area contributed by atoms with E-state index in [1.165, 1.54) is 43.4 Å². The number of hydrogen-bond donors (Lipinski definition) is 1. The summed E-state index contributed by atoms with van der Waals surface area (Å²) in [4.78, 5) is 34.8. The smallest absolute Gasteiger partial charge is 0.497 e. The van der Waals surface area contributed by atoms with Crippen molar-refractivity contribution in [3.05, 3.63) is 72.6 Å². The summed E-state index contributed by atoms with van der Waals surface area (Å²) < 4.78 is 73.6. The van der Waals surface area contributed by atoms with Crippen LogP contribution in [-0.4, -0.2) is 64.7 Å². The number of methoxy groups -OCH3 is 2. The molecule has 1 atom stereocenters. The lowest BCUT2D eigenvalue weighted by molar-refractivity contribution is -0.274. The Balaban J connectivity index is 1.25. The van der Waals surface area contributed by atoms with Crippen molar-refractivity contribution in [2.45, 2.75) is 31.6 Å². The molecule has 1 aliphatic heterocycles. The molecular formula is C31H28F4N6O6S. The number of benzene rings is 3. The zero-order valence-corrected chi connectivity index (χ0v) is 26.6. The highest BCUT2D eigenvalue weighted by Gasteiger charge is 2.41. The van der Waals surface area contributed by atoms with E-state index in [1.807, 2.05) is 13.8 Å². The first-order valence-corrected chi connectivity index (χ1v) is 15.0. The molecule has 1 saturated heterocycles. The van der Waals surface area contributed by atoms with Crippen molar-refractivity contribution in [2.75, 3.05) is 25.9 Å². The van der Waals surface area contributed by atoms with E-state index in [-0.39, 0.29) is 29.4 Å². The normalized spacial score (nSPS) is 15.6. The second-order valence-electron chi connectivity index (χ2n) is 10.3. The van der Waals surface area contributed by atoms with Gasteiger partial charge in [0.25, 0.3) is 5.91 Å². The third kappa shape index (κ3) is 7.79. The summed E-state index contributed by atoms with van der Waals surface area (Å²) in [5.41, 5.74) is 0.0892. The van der Waals surface area contributed by atoms with Crippen LogP contribution >= 0.6 is 11.8 Å². The predicted molar refractivity (Wildman–Crippen MR) is 169 cm³/mol. The first-order chi connectivity index (χ1) is 22.9. The molecule has 2 heterocycles. The number of anilines is 1. The van der Waals surface area contributed by atoms with Crippen LogP contribution in [0, 0.1) is 0 Å². The van der Waals surface area contributed by atoms with Crippen LogP contribution in [0.15, 0.2) is 72.0 Å². The quantitative estimate of drug-likeness (QED) is 0.148. The van der Waals surface area contributed by atoms with Gasteiger partial charge in [-0.25, -0.2) is 18.9 Å². The van der Waals surface area contributed by atoms with E-state index < -0.39 is 23.8 Å². The fourth-order valence-electron chi connectivity index (χ4n) is 4.59. The summed E-state index contributed by atoms with van der Waals surface area (Å²) >= 11 is 0.516. The number of aromatic nitrogens is 3. The molecule has 3 amide bonds. The van der Waals surface area contributed by atoms with Gasteiger partial charge >= 0.3 is 12.4 Å². The summed E-state index contributed by atoms with van der Waals surface area (Å²) in [5.74, 6) is 0.0806. The molecule has 252 valence electrons. The number of rotatable bonds is 10. The van der Waals surface area contributed by atoms with Gasteiger partial charge in [0.15, 0.2) is 17.7 Å². The van der Waals surface area contributed by atoms with Crippen LogP contribution < -0.4 is 29.2 Å². The molecule has 1 N–H and O–H groups in total. The summed E-state index contributed by atoms with van der Waals surface area (Å²) in [6, 6.07) is 14.1. The van der Waals surface area contributed by atoms with Crippen molar-refractivity contribution in [1.82, 2.24) is 20.1 Å². The molecule has 0 bridgehead atoms. The molecule has 12 nitrogen and oxygen atoms in total. The standard InChI is InChI=1S/C31H28F4N6O6S/c1-17(2)22-11-9-20(44-3)13-24(22)41-28(42)26(32)48-30(41)38-29(43)37-16-46-21-10-12-23(25(14-21)45-4)27-36-15-40(39-27)18-5-7-19(8-6-18)47-31(33,34)35/h5-15,17,26H,16H2,1-4H3,(H,37,43). The number of urea groups is 1. The Morgan fingerprint density at radius 1 is 1.02 bits per heavy atom. The second-order valence-corrected chi connectivity index (χ2v) is 11.3. The number of amidine groups is 1. The van der Waals surface area contributed by atoms with E-state index in [0.717, 1.165) is 22.6 Å². The number of carbonyl (C=O) groups is 2. The predicted octanol–water partition coefficient (Wildman–Crippen LogP) is 6.45. The molecule has 0 spiro atoms. The van der Waals surface area contributed by atoms with Gasteiger partial charge in [0.05, 0.1) is 31.2 Å². The van der Waals surface area contributed by atoms with Gasteiger partial charge in [-0.2, -0.15) is 4.99 Å². The minimum absolute atomic E-state index is 0.0248. The van der Waals surface area contributed by atoms with Gasteiger partial charge < -0.3 is 24.3 Å². The number of carbonyl (C=O) groups excluding carboxylic acids is 2. The molecule has 0 aliphatic carbocycles. The Labute approximate surface area is 275 Å². The Morgan fingerprint density at radius 2 is 1.73 bits per heavy atom. The van der Waals surface area contributed by atoms with Crippen molar-refractivity contribution >= 4 is 34.6 Å². The van der Waals surface area contributed by atoms with Gasteiger partial charge in [0.2, 0.25) is 5.50 Å². The van der Waals surface area contributed by atoms with Crippen LogP contribution in [-0.2, 0) is 4.79 Å². The van der Waals surface area contributed by atoms with Gasteiger partial charge in [0.1, 0.15) is 29.3 Å². The molecular weight excluding hydrogens is 660 g/mol. The highest BCUT2D eigenvalue weighted by atomic mass is 32.2. The lowest BCUT2D eigenvalue weighted by Gasteiger charge is -2.22. The van der Waals surface area contributed by atoms with Crippen molar-refractivity contribution < 1.29 is 46.1 Å². The Bertz CT molecular complexity index is 1830. The molecule has 1 aromatic heterocycles. The van der Waals surface area contributed by atoms with Crippen LogP contribution in [0.4, 0.5) is 28.0 Å². The molecule has 17 heteroatoms. The lowest BCUT2D eigenvalue weighted by Crippen LogP contribution is -2.34. The van der Waals surface area contributed by atoms with Gasteiger partial charge in [-0.05, 0) is 65.7 Å². The van der Waals surface area contributed by atoms with Gasteiger partial charge in [0, 0.05) is 12.1 Å². The monoisotopic (exact) mass is 688 g/mol. The summed E-state index contributed by atoms with van der Waals surface area (Å²) in [6.45, 7) is 3.51. The van der Waals surface area contributed by atoms with E-state index in [0.29, 0.717) is 45.9 Å². The van der Waals surface area contributed by atoms with Gasteiger partial charge in [-0.3, -0.25) is 9.69 Å². The molecule has 48 heavy (non-hydrogen) atoms. The first kappa shape index (κ1) is 34.0. The van der Waals surface area contributed by atoms with Crippen LogP contribution in [0.1, 0.15) is 25.3 Å². The number of nitrogens with one attached hydrogen (secondary N) is 1. The fraction of sp³-hybridized carbons (Fsp3) is 0.258. The number of nitrogens with zero attached hydrogens (tertiary/aromatic N) is 5. The third-order valence-corrected chi connectivity index (χ3v) is 7.71. The molecule has 5 rings (SSSR count). The lowest BCUT2D eigenvalue weighted by atomic mass is 10.00. The first-order valence-electron chi connectivity index (χ1n) is 14.1. The average Bonchev–Trinajstić information content (AvgIpc) is 3.64. The maximum absolute atomic E-state index is 14.6. The van der Waals surface area contributed by atoms with E-state index >= 15 is 0 Å². The molecule has 3 aromatic carbocycles. The molecule has 0 saturated carbocycles. The van der Waals surface area contributed by atoms with Crippen molar-refractivity contribution in [1.29, 1.82) is 0 Å². The zero-order valence-electron chi connectivity index (χ0n) is 25.8. The maximum atomic E-state index is 14.6. The third-order valence-electron chi connectivity index (χ3n) is 6.82. The summed E-state index contributed by atoms with van der Waals surface area (Å²) in [5, 5.41) is 6.70. The molecule has 1 fully saturated rings. The highest BCUT2D eigenvalue weighted by Crippen LogP contribution is 2.39. The van der Waals surface area contributed by atoms with E-state index in [2.05, 4.69) is 25.1 Å². The minimum atomic E-state index is -4.80. The average molecular weight is 689 g/mol. The number of amides is 3. The zero-order chi connectivity index (χ0) is 34.6. The Kier molecular flexibility index (Phi) is 10.1. The number of aliphatic imine (C=N–C) groups is 1. The van der Waals surface area contributed by atoms with Crippen molar-refractivity contribution in [3.8, 4) is 40.1 Å². The Morgan fingerprint density at radius 3 is 2.40 bits per heavy atom. The van der Waals surface area contributed by atoms with Crippen molar-refractivity contribution in [2.24, 2.45) is 4.99 Å². The van der Waals surface area contributed by atoms with Gasteiger partial charge in [-0.15, -0.1) is 18.3 Å². The van der Waals surface area contributed by atoms with Gasteiger partial charge in [-0.1, -0.05) is 19.9 Å². The number of hydrogen-bond acceptors (Lipinski definition) is 9. The molecule has 4 aromatic rings. The van der Waals surface area contributed by atoms with E-state index in [1.54, 1.807) is 30.3 Å². The maximum Gasteiger partial charge on any atom is 0.573 e. The number of halogens is 4.